The number of anilines is 2. The van der Waals surface area contributed by atoms with Crippen molar-refractivity contribution in [2.45, 2.75) is 38.3 Å². The standard InChI is InChI=1S/C22H25N3O4S2/c1-15(2)20(25-31(27,28)19-7-5-4-6-8-19)21(26)29-13-18-14-30-22(24-18)23-17-11-9-16(3)10-12-17/h4-12,14-15,20,25H,13H2,1-3H3,(H,23,24). The van der Waals surface area contributed by atoms with Crippen LogP contribution in [0.3, 0.4) is 0 Å². The summed E-state index contributed by atoms with van der Waals surface area (Å²) >= 11 is 1.40. The van der Waals surface area contributed by atoms with Crippen LogP contribution in [0.25, 0.3) is 0 Å². The minimum absolute atomic E-state index is 0.0405. The van der Waals surface area contributed by atoms with Gasteiger partial charge in [-0.2, -0.15) is 4.72 Å². The third-order valence-electron chi connectivity index (χ3n) is 4.47. The second-order valence-corrected chi connectivity index (χ2v) is 9.97. The van der Waals surface area contributed by atoms with Gasteiger partial charge in [0.25, 0.3) is 0 Å². The summed E-state index contributed by atoms with van der Waals surface area (Å²) in [4.78, 5) is 17.1. The molecule has 31 heavy (non-hydrogen) atoms. The van der Waals surface area contributed by atoms with Crippen molar-refractivity contribution in [1.29, 1.82) is 0 Å². The molecule has 0 aliphatic rings. The smallest absolute Gasteiger partial charge is 0.324 e. The van der Waals surface area contributed by atoms with E-state index >= 15 is 0 Å². The Balaban J connectivity index is 1.60. The van der Waals surface area contributed by atoms with Crippen LogP contribution in [-0.2, 0) is 26.2 Å². The van der Waals surface area contributed by atoms with Crippen LogP contribution in [0, 0.1) is 12.8 Å². The number of aryl methyl sites for hydroxylation is 1. The minimum atomic E-state index is -3.84. The van der Waals surface area contributed by atoms with Crippen LogP contribution < -0.4 is 10.0 Å². The van der Waals surface area contributed by atoms with Crippen LogP contribution in [-0.4, -0.2) is 25.4 Å². The second-order valence-electron chi connectivity index (χ2n) is 7.40. The molecule has 3 rings (SSSR count). The Kier molecular flexibility index (Phi) is 7.42. The molecule has 0 saturated heterocycles. The van der Waals surface area contributed by atoms with Crippen molar-refractivity contribution in [3.63, 3.8) is 0 Å². The number of hydrogen-bond donors (Lipinski definition) is 2. The number of esters is 1. The maximum absolute atomic E-state index is 12.6. The molecule has 0 aliphatic carbocycles. The largest absolute Gasteiger partial charge is 0.458 e. The molecule has 164 valence electrons. The Morgan fingerprint density at radius 3 is 2.42 bits per heavy atom. The lowest BCUT2D eigenvalue weighted by atomic mass is 10.1. The van der Waals surface area contributed by atoms with Gasteiger partial charge in [-0.05, 0) is 37.1 Å². The SMILES string of the molecule is Cc1ccc(Nc2nc(COC(=O)C(NS(=O)(=O)c3ccccc3)C(C)C)cs2)cc1. The fraction of sp³-hybridized carbons (Fsp3) is 0.273. The molecule has 0 saturated carbocycles. The van der Waals surface area contributed by atoms with Gasteiger partial charge >= 0.3 is 5.97 Å². The van der Waals surface area contributed by atoms with Crippen molar-refractivity contribution in [2.24, 2.45) is 5.92 Å². The van der Waals surface area contributed by atoms with Gasteiger partial charge in [0, 0.05) is 11.1 Å². The summed E-state index contributed by atoms with van der Waals surface area (Å²) in [5.41, 5.74) is 2.67. The predicted molar refractivity (Wildman–Crippen MR) is 122 cm³/mol. The lowest BCUT2D eigenvalue weighted by molar-refractivity contribution is -0.148. The number of thiazole rings is 1. The lowest BCUT2D eigenvalue weighted by Crippen LogP contribution is -2.45. The first-order chi connectivity index (χ1) is 14.7. The van der Waals surface area contributed by atoms with Gasteiger partial charge in [0.1, 0.15) is 12.6 Å². The van der Waals surface area contributed by atoms with E-state index in [4.69, 9.17) is 4.74 Å². The molecule has 1 heterocycles. The number of benzene rings is 2. The molecule has 9 heteroatoms. The van der Waals surface area contributed by atoms with Crippen LogP contribution in [0.4, 0.5) is 10.8 Å². The van der Waals surface area contributed by atoms with E-state index in [9.17, 15) is 13.2 Å². The zero-order valence-electron chi connectivity index (χ0n) is 17.5. The van der Waals surface area contributed by atoms with Crippen molar-refractivity contribution in [3.8, 4) is 0 Å². The van der Waals surface area contributed by atoms with Gasteiger partial charge in [0.2, 0.25) is 10.0 Å². The molecule has 7 nitrogen and oxygen atoms in total. The van der Waals surface area contributed by atoms with E-state index in [-0.39, 0.29) is 17.4 Å². The van der Waals surface area contributed by atoms with Gasteiger partial charge in [0.05, 0.1) is 10.6 Å². The summed E-state index contributed by atoms with van der Waals surface area (Å²) in [6.45, 7) is 5.49. The first kappa shape index (κ1) is 22.9. The molecular weight excluding hydrogens is 434 g/mol. The van der Waals surface area contributed by atoms with Crippen molar-refractivity contribution in [1.82, 2.24) is 9.71 Å². The zero-order chi connectivity index (χ0) is 22.4. The Hall–Kier alpha value is -2.75. The molecular formula is C22H25N3O4S2. The van der Waals surface area contributed by atoms with Crippen LogP contribution in [0.5, 0.6) is 0 Å². The molecule has 1 aromatic heterocycles. The molecule has 0 amide bonds. The Bertz CT molecular complexity index is 1110. The van der Waals surface area contributed by atoms with E-state index in [2.05, 4.69) is 15.0 Å². The van der Waals surface area contributed by atoms with Crippen molar-refractivity contribution in [3.05, 3.63) is 71.2 Å². The topological polar surface area (TPSA) is 97.4 Å². The molecule has 2 aromatic carbocycles. The van der Waals surface area contributed by atoms with E-state index in [0.717, 1.165) is 5.69 Å². The highest BCUT2D eigenvalue weighted by Crippen LogP contribution is 2.22. The molecule has 0 bridgehead atoms. The van der Waals surface area contributed by atoms with Gasteiger partial charge in [-0.25, -0.2) is 13.4 Å². The monoisotopic (exact) mass is 459 g/mol. The molecule has 3 aromatic rings. The van der Waals surface area contributed by atoms with Gasteiger partial charge in [-0.15, -0.1) is 11.3 Å². The highest BCUT2D eigenvalue weighted by atomic mass is 32.2. The number of carbonyl (C=O) groups is 1. The number of aromatic nitrogens is 1. The van der Waals surface area contributed by atoms with E-state index < -0.39 is 22.0 Å². The van der Waals surface area contributed by atoms with Crippen LogP contribution in [0.1, 0.15) is 25.1 Å². The molecule has 0 fully saturated rings. The maximum atomic E-state index is 12.6. The molecule has 2 N–H and O–H groups in total. The lowest BCUT2D eigenvalue weighted by Gasteiger charge is -2.20. The van der Waals surface area contributed by atoms with E-state index in [1.54, 1.807) is 37.4 Å². The van der Waals surface area contributed by atoms with Gasteiger partial charge < -0.3 is 10.1 Å². The van der Waals surface area contributed by atoms with Gasteiger partial charge in [-0.3, -0.25) is 4.79 Å². The molecule has 1 unspecified atom stereocenters. The third-order valence-corrected chi connectivity index (χ3v) is 6.74. The Morgan fingerprint density at radius 1 is 1.10 bits per heavy atom. The van der Waals surface area contributed by atoms with Crippen LogP contribution in [0.15, 0.2) is 64.9 Å². The van der Waals surface area contributed by atoms with E-state index in [1.807, 2.05) is 31.2 Å². The Morgan fingerprint density at radius 2 is 1.77 bits per heavy atom. The fourth-order valence-corrected chi connectivity index (χ4v) is 4.79. The summed E-state index contributed by atoms with van der Waals surface area (Å²) in [6, 6.07) is 14.8. The van der Waals surface area contributed by atoms with Crippen molar-refractivity contribution < 1.29 is 17.9 Å². The summed E-state index contributed by atoms with van der Waals surface area (Å²) in [6.07, 6.45) is 0. The van der Waals surface area contributed by atoms with Crippen molar-refractivity contribution in [2.75, 3.05) is 5.32 Å². The minimum Gasteiger partial charge on any atom is -0.458 e. The van der Waals surface area contributed by atoms with Gasteiger partial charge in [0.15, 0.2) is 5.13 Å². The van der Waals surface area contributed by atoms with Crippen LogP contribution >= 0.6 is 11.3 Å². The number of ether oxygens (including phenoxy) is 1. The molecule has 1 atom stereocenters. The quantitative estimate of drug-likeness (QED) is 0.465. The number of sulfonamides is 1. The number of nitrogens with one attached hydrogen (secondary N) is 2. The third kappa shape index (κ3) is 6.36. The van der Waals surface area contributed by atoms with Crippen LogP contribution in [0.2, 0.25) is 0 Å². The number of hydrogen-bond acceptors (Lipinski definition) is 7. The maximum Gasteiger partial charge on any atom is 0.324 e. The highest BCUT2D eigenvalue weighted by molar-refractivity contribution is 7.89. The summed E-state index contributed by atoms with van der Waals surface area (Å²) in [5, 5.41) is 5.68. The predicted octanol–water partition coefficient (Wildman–Crippen LogP) is 4.24. The number of nitrogens with zero attached hydrogens (tertiary/aromatic N) is 1. The normalized spacial score (nSPS) is 12.5. The van der Waals surface area contributed by atoms with Gasteiger partial charge in [-0.1, -0.05) is 49.7 Å². The zero-order valence-corrected chi connectivity index (χ0v) is 19.2. The second kappa shape index (κ2) is 10.0. The summed E-state index contributed by atoms with van der Waals surface area (Å²) in [7, 11) is -3.84. The first-order valence-corrected chi connectivity index (χ1v) is 12.1. The number of carbonyl (C=O) groups excluding carboxylic acids is 1. The summed E-state index contributed by atoms with van der Waals surface area (Å²) in [5.74, 6) is -0.935. The fourth-order valence-electron chi connectivity index (χ4n) is 2.72. The van der Waals surface area contributed by atoms with Crippen molar-refractivity contribution >= 4 is 38.1 Å². The molecule has 0 aliphatic heterocycles. The summed E-state index contributed by atoms with van der Waals surface area (Å²) < 4.78 is 33.0. The van der Waals surface area contributed by atoms with E-state index in [1.165, 1.54) is 29.0 Å². The highest BCUT2D eigenvalue weighted by Gasteiger charge is 2.29. The number of rotatable bonds is 9. The molecule has 0 radical (unpaired) electrons. The first-order valence-electron chi connectivity index (χ1n) is 9.77. The van der Waals surface area contributed by atoms with E-state index in [0.29, 0.717) is 10.8 Å². The average Bonchev–Trinajstić information content (AvgIpc) is 3.20. The Labute approximate surface area is 186 Å². The average molecular weight is 460 g/mol. The molecule has 0 spiro atoms.